The quantitative estimate of drug-likeness (QED) is 0.538. The van der Waals surface area contributed by atoms with Gasteiger partial charge in [0.15, 0.2) is 0 Å². The van der Waals surface area contributed by atoms with Crippen molar-refractivity contribution >= 4 is 11.7 Å². The minimum absolute atomic E-state index is 0.197. The van der Waals surface area contributed by atoms with E-state index >= 15 is 0 Å². The summed E-state index contributed by atoms with van der Waals surface area (Å²) in [7, 11) is 5.36. The monoisotopic (exact) mass is 450 g/mol. The maximum absolute atomic E-state index is 12.6. The third-order valence-electron chi connectivity index (χ3n) is 5.96. The number of benzene rings is 2. The van der Waals surface area contributed by atoms with E-state index in [1.807, 2.05) is 24.3 Å². The zero-order valence-electron chi connectivity index (χ0n) is 19.3. The number of piperidine rings is 1. The molecule has 0 bridgehead atoms. The largest absolute Gasteiger partial charge is 0.497 e. The molecule has 2 heterocycles. The average molecular weight is 451 g/mol. The smallest absolute Gasteiger partial charge is 0.256 e. The number of likely N-dealkylation sites (tertiary alicyclic amines) is 1. The number of nitrogens with zero attached hydrogens (tertiary/aromatic N) is 2. The Bertz CT molecular complexity index is 1050. The minimum Gasteiger partial charge on any atom is -0.497 e. The van der Waals surface area contributed by atoms with Gasteiger partial charge in [0.25, 0.3) is 5.91 Å². The first-order chi connectivity index (χ1) is 16.0. The van der Waals surface area contributed by atoms with Crippen molar-refractivity contribution < 1.29 is 19.0 Å². The summed E-state index contributed by atoms with van der Waals surface area (Å²) in [6.45, 7) is 2.51. The lowest BCUT2D eigenvalue weighted by molar-refractivity contribution is 0.102. The Morgan fingerprint density at radius 2 is 1.73 bits per heavy atom. The van der Waals surface area contributed by atoms with Crippen LogP contribution in [-0.4, -0.2) is 55.4 Å². The first-order valence-electron chi connectivity index (χ1n) is 11.0. The molecule has 2 aromatic carbocycles. The van der Waals surface area contributed by atoms with Crippen molar-refractivity contribution in [3.8, 4) is 17.4 Å². The molecule has 1 amide bonds. The maximum atomic E-state index is 12.6. The maximum Gasteiger partial charge on any atom is 0.256 e. The van der Waals surface area contributed by atoms with Crippen molar-refractivity contribution in [1.29, 1.82) is 0 Å². The summed E-state index contributed by atoms with van der Waals surface area (Å²) in [4.78, 5) is 15.0. The fraction of sp³-hybridized carbons (Fsp3) is 0.360. The number of nitrogens with one attached hydrogen (secondary N) is 2. The van der Waals surface area contributed by atoms with E-state index < -0.39 is 0 Å². The van der Waals surface area contributed by atoms with Gasteiger partial charge in [-0.2, -0.15) is 0 Å². The number of carbonyl (C=O) groups excluding carboxylic acids is 1. The van der Waals surface area contributed by atoms with Crippen molar-refractivity contribution in [2.24, 2.45) is 0 Å². The molecule has 33 heavy (non-hydrogen) atoms. The van der Waals surface area contributed by atoms with Crippen molar-refractivity contribution in [3.05, 3.63) is 65.2 Å². The Morgan fingerprint density at radius 3 is 2.36 bits per heavy atom. The van der Waals surface area contributed by atoms with Crippen LogP contribution in [0.15, 0.2) is 48.5 Å². The number of rotatable bonds is 8. The minimum atomic E-state index is -0.197. The number of carbonyl (C=O) groups is 1. The summed E-state index contributed by atoms with van der Waals surface area (Å²) >= 11 is 0. The molecule has 3 aromatic rings. The lowest BCUT2D eigenvalue weighted by Crippen LogP contribution is -2.29. The summed E-state index contributed by atoms with van der Waals surface area (Å²) in [5, 5.41) is 9.74. The van der Waals surface area contributed by atoms with E-state index in [0.29, 0.717) is 34.7 Å². The predicted molar refractivity (Wildman–Crippen MR) is 126 cm³/mol. The number of ether oxygens (including phenoxy) is 3. The number of hydrogen-bond donors (Lipinski definition) is 2. The summed E-state index contributed by atoms with van der Waals surface area (Å²) in [6.07, 6.45) is 2.31. The molecule has 8 nitrogen and oxygen atoms in total. The average Bonchev–Trinajstić information content (AvgIpc) is 3.30. The van der Waals surface area contributed by atoms with Gasteiger partial charge in [0.05, 0.1) is 14.2 Å². The molecule has 0 aliphatic carbocycles. The van der Waals surface area contributed by atoms with Crippen LogP contribution in [0, 0.1) is 0 Å². The molecule has 8 heteroatoms. The highest BCUT2D eigenvalue weighted by Crippen LogP contribution is 2.28. The van der Waals surface area contributed by atoms with E-state index in [4.69, 9.17) is 14.2 Å². The summed E-state index contributed by atoms with van der Waals surface area (Å²) in [5.74, 6) is 2.59. The molecule has 0 spiro atoms. The molecular weight excluding hydrogens is 420 g/mol. The fourth-order valence-corrected chi connectivity index (χ4v) is 3.99. The molecule has 0 atom stereocenters. The Hall–Kier alpha value is -3.52. The van der Waals surface area contributed by atoms with E-state index in [2.05, 4.69) is 39.6 Å². The third kappa shape index (κ3) is 5.84. The van der Waals surface area contributed by atoms with Gasteiger partial charge < -0.3 is 24.4 Å². The van der Waals surface area contributed by atoms with Crippen LogP contribution in [0.25, 0.3) is 0 Å². The fourth-order valence-electron chi connectivity index (χ4n) is 3.99. The summed E-state index contributed by atoms with van der Waals surface area (Å²) in [5.41, 5.74) is 2.78. The molecular formula is C25H30N4O4. The number of H-pyrrole nitrogens is 1. The molecule has 4 rings (SSSR count). The molecule has 2 N–H and O–H groups in total. The van der Waals surface area contributed by atoms with E-state index in [-0.39, 0.29) is 12.5 Å². The Morgan fingerprint density at radius 1 is 1.06 bits per heavy atom. The molecule has 1 fully saturated rings. The highest BCUT2D eigenvalue weighted by Gasteiger charge is 2.18. The lowest BCUT2D eigenvalue weighted by atomic mass is 9.89. The molecule has 1 aliphatic heterocycles. The van der Waals surface area contributed by atoms with Gasteiger partial charge >= 0.3 is 0 Å². The summed E-state index contributed by atoms with van der Waals surface area (Å²) < 4.78 is 16.3. The standard InChI is InChI=1S/C25H30N4O4/c1-29-10-8-19(9-11-29)18-4-6-20(7-5-18)25(30)26-23-15-24(28-27-23)33-16-17-12-21(31-2)14-22(13-17)32-3/h4-7,12-15,19H,8-11,16H2,1-3H3,(H2,26,27,28,30). The van der Waals surface area contributed by atoms with Gasteiger partial charge in [-0.3, -0.25) is 9.89 Å². The van der Waals surface area contributed by atoms with Gasteiger partial charge in [-0.15, -0.1) is 5.10 Å². The van der Waals surface area contributed by atoms with Crippen LogP contribution in [0.5, 0.6) is 17.4 Å². The van der Waals surface area contributed by atoms with Crippen LogP contribution in [0.4, 0.5) is 5.82 Å². The van der Waals surface area contributed by atoms with E-state index in [1.165, 1.54) is 5.56 Å². The van der Waals surface area contributed by atoms with Crippen LogP contribution < -0.4 is 19.5 Å². The highest BCUT2D eigenvalue weighted by atomic mass is 16.5. The van der Waals surface area contributed by atoms with E-state index in [9.17, 15) is 4.79 Å². The van der Waals surface area contributed by atoms with Crippen LogP contribution in [0.1, 0.15) is 40.2 Å². The van der Waals surface area contributed by atoms with Gasteiger partial charge in [-0.05, 0) is 74.3 Å². The molecule has 0 radical (unpaired) electrons. The van der Waals surface area contributed by atoms with Crippen LogP contribution in [-0.2, 0) is 6.61 Å². The zero-order chi connectivity index (χ0) is 23.2. The van der Waals surface area contributed by atoms with Crippen molar-refractivity contribution in [1.82, 2.24) is 15.1 Å². The molecule has 0 saturated carbocycles. The van der Waals surface area contributed by atoms with Crippen molar-refractivity contribution in [3.63, 3.8) is 0 Å². The van der Waals surface area contributed by atoms with Crippen LogP contribution in [0.3, 0.4) is 0 Å². The highest BCUT2D eigenvalue weighted by molar-refractivity contribution is 6.03. The number of aromatic nitrogens is 2. The molecule has 1 aromatic heterocycles. The van der Waals surface area contributed by atoms with Gasteiger partial charge in [-0.25, -0.2) is 0 Å². The van der Waals surface area contributed by atoms with Crippen LogP contribution >= 0.6 is 0 Å². The predicted octanol–water partition coefficient (Wildman–Crippen LogP) is 4.07. The number of anilines is 1. The third-order valence-corrected chi connectivity index (χ3v) is 5.96. The first-order valence-corrected chi connectivity index (χ1v) is 11.0. The Kier molecular flexibility index (Phi) is 7.14. The molecule has 174 valence electrons. The van der Waals surface area contributed by atoms with Crippen LogP contribution in [0.2, 0.25) is 0 Å². The lowest BCUT2D eigenvalue weighted by Gasteiger charge is -2.29. The first kappa shape index (κ1) is 22.7. The second-order valence-electron chi connectivity index (χ2n) is 8.28. The number of methoxy groups -OCH3 is 2. The Labute approximate surface area is 193 Å². The molecule has 0 unspecified atom stereocenters. The molecule has 1 saturated heterocycles. The van der Waals surface area contributed by atoms with Gasteiger partial charge in [0, 0.05) is 17.7 Å². The van der Waals surface area contributed by atoms with Crippen molar-refractivity contribution in [2.75, 3.05) is 39.7 Å². The van der Waals surface area contributed by atoms with Gasteiger partial charge in [0.1, 0.15) is 23.9 Å². The van der Waals surface area contributed by atoms with E-state index in [0.717, 1.165) is 31.5 Å². The number of amides is 1. The number of aromatic amines is 1. The number of hydrogen-bond acceptors (Lipinski definition) is 6. The van der Waals surface area contributed by atoms with E-state index in [1.54, 1.807) is 26.4 Å². The molecule has 1 aliphatic rings. The van der Waals surface area contributed by atoms with Crippen molar-refractivity contribution in [2.45, 2.75) is 25.4 Å². The SMILES string of the molecule is COc1cc(COc2cc(NC(=O)c3ccc(C4CCN(C)CC4)cc3)[nH]n2)cc(OC)c1. The second kappa shape index (κ2) is 10.4. The zero-order valence-corrected chi connectivity index (χ0v) is 19.3. The normalized spacial score (nSPS) is 14.6. The summed E-state index contributed by atoms with van der Waals surface area (Å²) in [6, 6.07) is 15.1. The van der Waals surface area contributed by atoms with Gasteiger partial charge in [0.2, 0.25) is 5.88 Å². The van der Waals surface area contributed by atoms with Gasteiger partial charge in [-0.1, -0.05) is 12.1 Å². The Balaban J connectivity index is 1.32. The topological polar surface area (TPSA) is 88.7 Å². The second-order valence-corrected chi connectivity index (χ2v) is 8.28.